The molecule has 828 valence electrons. The third-order valence-corrected chi connectivity index (χ3v) is 34.1. The maximum absolute atomic E-state index is 5.28. The van der Waals surface area contributed by atoms with Gasteiger partial charge in [-0.3, -0.25) is 19.6 Å². The van der Waals surface area contributed by atoms with Gasteiger partial charge in [0, 0.05) is 127 Å². The van der Waals surface area contributed by atoms with E-state index in [9.17, 15) is 0 Å². The molecule has 0 spiro atoms. The fourth-order valence-corrected chi connectivity index (χ4v) is 23.4. The van der Waals surface area contributed by atoms with E-state index < -0.39 is 0 Å². The zero-order valence-corrected chi connectivity index (χ0v) is 95.7. The highest BCUT2D eigenvalue weighted by Crippen LogP contribution is 2.36. The van der Waals surface area contributed by atoms with Crippen molar-refractivity contribution in [1.82, 2.24) is 179 Å². The average molecular weight is 2130 g/mol. The topological polar surface area (TPSA) is 394 Å². The first kappa shape index (κ1) is 118. The van der Waals surface area contributed by atoms with Crippen LogP contribution in [0.4, 0.5) is 0 Å². The zero-order chi connectivity index (χ0) is 106. The Morgan fingerprint density at radius 2 is 0.847 bits per heavy atom. The standard InChI is InChI=1S/C11H19N3.C10H18N4.C10H17N3.C9H15N3O.2C9H14N2O.2C9H14N2S.C8H14N4.C8H13N3O.C8H13N3S.C7H13N5/c1-9-8-14(3)12-11(9)10-4-6-13(2)7-5-10;1-3-9-11-10(13-12-9)8-4-6-14(2)7-5-8;1-12-6-3-9(4-7-12)10-5-8-13(2)11-10;1-7-10-9(13-11-7)8-3-5-12(2)6-4-8;1-11-5-2-8(3-6-11)9-10-4-7-12-9;1-11-5-2-8(3-6-11)9-4-7-12-10-9;1-11-5-2-8(3-6-11)9-10-4-7-12-9;1-11-4-2-8(3-5-11)9-6-12-7-10-9;1-12-4-2-7(3-5-12)8-9-6-10-11-8;1-11-4-2-7(3-5-11)8-10-9-6-12-8;1-11-4-2-7(3-5-11)8-9-6-10-12-8;1-12-4-2-6(3-5-12)7-8-10-11-9-7/h8,10H,4-7H2,1-3H3;8H,3-7H2,1-2H3,(H,11,12,13);5,8-9H,3-4,6-7H2,1-2H3;8H,3-6H2,1-2H3;3*4,7-8H,2-3,5-6H2,1H3;6-8H,2-5H2,1H3;6-7H,2-5H2,1H3,(H,9,10,11);2*6-7H,2-5H2,1H3;6H,2-5H2,1H3,(H,8,9,10,11). The predicted octanol–water partition coefficient (Wildman–Crippen LogP) is 14.9. The molecule has 12 saturated heterocycles. The molecule has 43 heteroatoms. The first-order chi connectivity index (χ1) is 72.8. The van der Waals surface area contributed by atoms with Crippen molar-refractivity contribution >= 4 is 34.2 Å². The lowest BCUT2D eigenvalue weighted by Gasteiger charge is -2.28. The van der Waals surface area contributed by atoms with E-state index in [2.05, 4.69) is 291 Å². The largest absolute Gasteiger partial charge is 0.449 e. The van der Waals surface area contributed by atoms with Crippen LogP contribution in [0.25, 0.3) is 0 Å². The van der Waals surface area contributed by atoms with E-state index in [1.165, 1.54) is 259 Å². The summed E-state index contributed by atoms with van der Waals surface area (Å²) in [5, 5.41) is 59.4. The van der Waals surface area contributed by atoms with Gasteiger partial charge >= 0.3 is 0 Å². The van der Waals surface area contributed by atoms with Crippen LogP contribution in [0.2, 0.25) is 0 Å². The highest BCUT2D eigenvalue weighted by molar-refractivity contribution is 7.09. The van der Waals surface area contributed by atoms with Crippen molar-refractivity contribution in [3.63, 3.8) is 0 Å². The maximum atomic E-state index is 5.28. The van der Waals surface area contributed by atoms with Gasteiger partial charge in [-0.05, 0) is 433 Å². The molecule has 12 fully saturated rings. The minimum atomic E-state index is 0.484. The number of aromatic nitrogens is 24. The molecule has 12 aromatic heterocycles. The van der Waals surface area contributed by atoms with Gasteiger partial charge in [0.1, 0.15) is 41.8 Å². The molecule has 12 aromatic rings. The molecular formula is C107H178N36O4S3. The number of H-pyrrole nitrogens is 3. The molecular weight excluding hydrogens is 1950 g/mol. The van der Waals surface area contributed by atoms with E-state index in [1.807, 2.05) is 54.4 Å². The van der Waals surface area contributed by atoms with Crippen molar-refractivity contribution in [1.29, 1.82) is 0 Å². The number of thiazole rings is 2. The molecule has 0 aromatic carbocycles. The molecule has 0 aliphatic carbocycles. The van der Waals surface area contributed by atoms with E-state index in [0.29, 0.717) is 59.2 Å². The van der Waals surface area contributed by atoms with Gasteiger partial charge in [-0.15, -0.1) is 43.1 Å². The second-order valence-corrected chi connectivity index (χ2v) is 46.1. The summed E-state index contributed by atoms with van der Waals surface area (Å²) in [5.74, 6) is 14.6. The van der Waals surface area contributed by atoms with Crippen LogP contribution in [0.15, 0.2) is 103 Å². The van der Waals surface area contributed by atoms with Crippen LogP contribution in [0.1, 0.15) is 317 Å². The Balaban J connectivity index is 0.000000136. The van der Waals surface area contributed by atoms with Gasteiger partial charge in [0.15, 0.2) is 23.4 Å². The lowest BCUT2D eigenvalue weighted by molar-refractivity contribution is 0.227. The summed E-state index contributed by atoms with van der Waals surface area (Å²) in [6, 6.07) is 4.13. The maximum Gasteiger partial charge on any atom is 0.229 e. The van der Waals surface area contributed by atoms with Crippen molar-refractivity contribution < 1.29 is 17.9 Å². The molecule has 150 heavy (non-hydrogen) atoms. The van der Waals surface area contributed by atoms with Crippen molar-refractivity contribution in [2.45, 2.75) is 252 Å². The Morgan fingerprint density at radius 3 is 1.23 bits per heavy atom. The highest BCUT2D eigenvalue weighted by Gasteiger charge is 2.32. The monoisotopic (exact) mass is 2130 g/mol. The van der Waals surface area contributed by atoms with E-state index in [1.54, 1.807) is 65.6 Å². The van der Waals surface area contributed by atoms with Crippen LogP contribution in [0.3, 0.4) is 0 Å². The fourth-order valence-electron chi connectivity index (χ4n) is 21.3. The number of aryl methyl sites for hydroxylation is 5. The van der Waals surface area contributed by atoms with Gasteiger partial charge in [-0.2, -0.15) is 35.0 Å². The fraction of sp³-hybridized carbons (Fsp3) is 0.729. The third kappa shape index (κ3) is 40.3. The lowest BCUT2D eigenvalue weighted by atomic mass is 9.92. The molecule has 24 rings (SSSR count). The normalized spacial score (nSPS) is 21.1. The van der Waals surface area contributed by atoms with Crippen molar-refractivity contribution in [2.75, 3.05) is 242 Å². The SMILES string of the molecule is CCc1nc(C2CCN(C)CC2)n[nH]1.CN1CCC(c2ccn(C)n2)CC1.CN1CCC(c2ccon2)CC1.CN1CCC(c2cscn2)CC1.CN1CCC(c2ncco2)CC1.CN1CCC(c2nccs2)CC1.CN1CCC(c2ncn[nH]2)CC1.CN1CCC(c2ncns2)CC1.CN1CCC(c2nn[nH]n2)CC1.CN1CCC(c2nnco2)CC1.Cc1cn(C)nc1C1CCN(C)CC1.Cc1noc(C2CCN(C)CC2)n1. The van der Waals surface area contributed by atoms with Gasteiger partial charge in [0.05, 0.1) is 39.5 Å². The number of tetrazole rings is 1. The first-order valence-corrected chi connectivity index (χ1v) is 58.1. The van der Waals surface area contributed by atoms with Crippen LogP contribution >= 0.6 is 34.2 Å². The number of hydrogen-bond donors (Lipinski definition) is 3. The predicted molar refractivity (Wildman–Crippen MR) is 592 cm³/mol. The second-order valence-electron chi connectivity index (χ2n) is 43.7. The molecule has 12 aliphatic heterocycles. The Hall–Kier alpha value is -9.19. The minimum Gasteiger partial charge on any atom is -0.449 e. The smallest absolute Gasteiger partial charge is 0.229 e. The van der Waals surface area contributed by atoms with Gasteiger partial charge in [-0.25, -0.2) is 29.9 Å². The lowest BCUT2D eigenvalue weighted by Crippen LogP contribution is -2.29. The number of likely N-dealkylation sites (tertiary alicyclic amines) is 12. The van der Waals surface area contributed by atoms with Gasteiger partial charge < -0.3 is 76.7 Å². The van der Waals surface area contributed by atoms with Crippen molar-refractivity contribution in [3.05, 3.63) is 170 Å². The molecule has 40 nitrogen and oxygen atoms in total. The molecule has 12 aliphatic rings. The summed E-state index contributed by atoms with van der Waals surface area (Å²) in [7, 11) is 30.0. The quantitative estimate of drug-likeness (QED) is 0.0965. The zero-order valence-electron chi connectivity index (χ0n) is 93.3. The van der Waals surface area contributed by atoms with Gasteiger partial charge in [0.2, 0.25) is 18.2 Å². The number of piperidine rings is 12. The molecule has 0 unspecified atom stereocenters. The Labute approximate surface area is 903 Å². The second kappa shape index (κ2) is 63.6. The minimum absolute atomic E-state index is 0.484. The molecule has 0 bridgehead atoms. The average Bonchev–Trinajstić information content (AvgIpc) is 1.70. The number of nitrogens with one attached hydrogen (secondary N) is 3. The number of rotatable bonds is 13. The van der Waals surface area contributed by atoms with E-state index >= 15 is 0 Å². The summed E-state index contributed by atoms with van der Waals surface area (Å²) >= 11 is 5.06. The number of hydrogen-bond acceptors (Lipinski definition) is 38. The van der Waals surface area contributed by atoms with Crippen molar-refractivity contribution in [2.24, 2.45) is 14.1 Å². The molecule has 0 amide bonds. The summed E-state index contributed by atoms with van der Waals surface area (Å²) < 4.78 is 28.3. The van der Waals surface area contributed by atoms with Crippen LogP contribution in [0, 0.1) is 13.8 Å². The summed E-state index contributed by atoms with van der Waals surface area (Å²) in [6.07, 6.45) is 45.8. The number of nitrogens with zero attached hydrogens (tertiary/aromatic N) is 33. The number of oxazole rings is 1. The molecule has 3 N–H and O–H groups in total. The summed E-state index contributed by atoms with van der Waals surface area (Å²) in [6.45, 7) is 34.4. The van der Waals surface area contributed by atoms with Crippen LogP contribution in [-0.4, -0.2) is 421 Å². The third-order valence-electron chi connectivity index (χ3n) is 31.7. The summed E-state index contributed by atoms with van der Waals surface area (Å²) in [4.78, 5) is 58.5. The Bertz CT molecular complexity index is 4630. The van der Waals surface area contributed by atoms with Gasteiger partial charge in [-0.1, -0.05) is 22.5 Å². The highest BCUT2D eigenvalue weighted by atomic mass is 32.1. The van der Waals surface area contributed by atoms with Crippen LogP contribution in [-0.2, 0) is 20.5 Å². The molecule has 0 saturated carbocycles. The number of aromatic amines is 3. The summed E-state index contributed by atoms with van der Waals surface area (Å²) in [5.41, 5.74) is 8.32. The van der Waals surface area contributed by atoms with Crippen LogP contribution < -0.4 is 0 Å². The van der Waals surface area contributed by atoms with E-state index in [4.69, 9.17) is 17.9 Å². The first-order valence-electron chi connectivity index (χ1n) is 55.5. The van der Waals surface area contributed by atoms with Crippen LogP contribution in [0.5, 0.6) is 0 Å². The van der Waals surface area contributed by atoms with E-state index in [-0.39, 0.29) is 0 Å². The Morgan fingerprint density at radius 1 is 0.380 bits per heavy atom. The molecule has 0 radical (unpaired) electrons. The molecule has 0 atom stereocenters. The van der Waals surface area contributed by atoms with Crippen molar-refractivity contribution in [3.8, 4) is 0 Å². The Kier molecular flexibility index (Phi) is 50.0. The van der Waals surface area contributed by atoms with E-state index in [0.717, 1.165) is 162 Å². The van der Waals surface area contributed by atoms with Gasteiger partial charge in [0.25, 0.3) is 0 Å². The molecule has 24 heterocycles.